The number of hydrogen-bond donors (Lipinski definition) is 1. The summed E-state index contributed by atoms with van der Waals surface area (Å²) in [7, 11) is 0. The standard InChI is InChI=1S/C19H16ClN3O2/c20-17-18(14-7-2-1-3-8-14)23(19(17)25)21-12-16(24)22-11-10-13-6-4-5-9-15(13)22/h1-11,17-18,21H,12H2. The molecule has 1 fully saturated rings. The molecular weight excluding hydrogens is 338 g/mol. The van der Waals surface area contributed by atoms with Gasteiger partial charge in [0.25, 0.3) is 5.91 Å². The third kappa shape index (κ3) is 2.71. The summed E-state index contributed by atoms with van der Waals surface area (Å²) in [6.07, 6.45) is 1.74. The number of rotatable bonds is 4. The maximum atomic E-state index is 12.5. The summed E-state index contributed by atoms with van der Waals surface area (Å²) in [4.78, 5) is 24.6. The summed E-state index contributed by atoms with van der Waals surface area (Å²) in [5, 5.41) is 1.83. The summed E-state index contributed by atoms with van der Waals surface area (Å²) in [5.74, 6) is -0.362. The summed E-state index contributed by atoms with van der Waals surface area (Å²) in [5.41, 5.74) is 4.71. The molecule has 5 nitrogen and oxygen atoms in total. The molecule has 1 amide bonds. The fourth-order valence-corrected chi connectivity index (χ4v) is 3.50. The lowest BCUT2D eigenvalue weighted by molar-refractivity contribution is -0.150. The van der Waals surface area contributed by atoms with Gasteiger partial charge in [0, 0.05) is 11.6 Å². The van der Waals surface area contributed by atoms with Gasteiger partial charge >= 0.3 is 0 Å². The molecule has 2 aromatic carbocycles. The SMILES string of the molecule is O=C1C(Cl)C(c2ccccc2)N1NCC(=O)n1ccc2ccccc21. The lowest BCUT2D eigenvalue weighted by Crippen LogP contribution is -2.62. The third-order valence-corrected chi connectivity index (χ3v) is 4.86. The van der Waals surface area contributed by atoms with Crippen molar-refractivity contribution in [2.45, 2.75) is 11.4 Å². The quantitative estimate of drug-likeness (QED) is 0.579. The Kier molecular flexibility index (Phi) is 4.03. The first-order valence-electron chi connectivity index (χ1n) is 8.02. The van der Waals surface area contributed by atoms with Crippen molar-refractivity contribution in [1.82, 2.24) is 15.0 Å². The number of alkyl halides is 1. The molecule has 1 aliphatic rings. The van der Waals surface area contributed by atoms with Crippen molar-refractivity contribution >= 4 is 34.3 Å². The highest BCUT2D eigenvalue weighted by Crippen LogP contribution is 2.36. The van der Waals surface area contributed by atoms with Crippen LogP contribution < -0.4 is 5.43 Å². The van der Waals surface area contributed by atoms with Crippen molar-refractivity contribution in [2.24, 2.45) is 0 Å². The van der Waals surface area contributed by atoms with Gasteiger partial charge in [0.15, 0.2) is 0 Å². The lowest BCUT2D eigenvalue weighted by Gasteiger charge is -2.44. The van der Waals surface area contributed by atoms with Crippen molar-refractivity contribution < 1.29 is 9.59 Å². The number of β-lactam (4-membered cyclic amide) rings is 1. The molecule has 1 saturated heterocycles. The first-order chi connectivity index (χ1) is 12.2. The molecule has 126 valence electrons. The molecule has 1 aliphatic heterocycles. The van der Waals surface area contributed by atoms with Crippen LogP contribution in [0.25, 0.3) is 10.9 Å². The van der Waals surface area contributed by atoms with E-state index < -0.39 is 5.38 Å². The number of hydrazine groups is 1. The molecule has 3 aromatic rings. The maximum Gasteiger partial charge on any atom is 0.257 e. The predicted molar refractivity (Wildman–Crippen MR) is 96.2 cm³/mol. The average Bonchev–Trinajstić information content (AvgIpc) is 3.09. The zero-order chi connectivity index (χ0) is 17.4. The Hall–Kier alpha value is -2.63. The van der Waals surface area contributed by atoms with Gasteiger partial charge in [0.2, 0.25) is 5.91 Å². The molecule has 6 heteroatoms. The van der Waals surface area contributed by atoms with Gasteiger partial charge in [0.05, 0.1) is 18.1 Å². The Bertz CT molecular complexity index is 938. The zero-order valence-corrected chi connectivity index (χ0v) is 14.1. The molecule has 0 aliphatic carbocycles. The molecule has 4 rings (SSSR count). The number of carbonyl (C=O) groups excluding carboxylic acids is 2. The molecular formula is C19H16ClN3O2. The predicted octanol–water partition coefficient (Wildman–Crippen LogP) is 2.98. The number of aromatic nitrogens is 1. The molecule has 25 heavy (non-hydrogen) atoms. The number of hydrogen-bond acceptors (Lipinski definition) is 3. The molecule has 0 radical (unpaired) electrons. The van der Waals surface area contributed by atoms with Gasteiger partial charge in [-0.3, -0.25) is 19.2 Å². The van der Waals surface area contributed by atoms with E-state index in [1.807, 2.05) is 60.7 Å². The van der Waals surface area contributed by atoms with Gasteiger partial charge in [-0.2, -0.15) is 0 Å². The highest BCUT2D eigenvalue weighted by molar-refractivity contribution is 6.33. The third-order valence-electron chi connectivity index (χ3n) is 4.44. The minimum Gasteiger partial charge on any atom is -0.286 e. The number of fused-ring (bicyclic) bond motifs is 1. The highest BCUT2D eigenvalue weighted by Gasteiger charge is 2.47. The second-order valence-electron chi connectivity index (χ2n) is 5.94. The Labute approximate surface area is 149 Å². The lowest BCUT2D eigenvalue weighted by atomic mass is 9.95. The van der Waals surface area contributed by atoms with Crippen molar-refractivity contribution in [1.29, 1.82) is 0 Å². The first-order valence-corrected chi connectivity index (χ1v) is 8.45. The molecule has 0 spiro atoms. The molecule has 0 saturated carbocycles. The van der Waals surface area contributed by atoms with E-state index in [0.29, 0.717) is 0 Å². The van der Waals surface area contributed by atoms with Crippen molar-refractivity contribution in [3.8, 4) is 0 Å². The van der Waals surface area contributed by atoms with E-state index in [1.165, 1.54) is 5.01 Å². The van der Waals surface area contributed by atoms with E-state index in [1.54, 1.807) is 10.8 Å². The van der Waals surface area contributed by atoms with Gasteiger partial charge in [0.1, 0.15) is 5.38 Å². The Morgan fingerprint density at radius 3 is 2.56 bits per heavy atom. The van der Waals surface area contributed by atoms with Crippen molar-refractivity contribution in [3.63, 3.8) is 0 Å². The molecule has 2 heterocycles. The van der Waals surface area contributed by atoms with Gasteiger partial charge in [-0.15, -0.1) is 11.6 Å². The summed E-state index contributed by atoms with van der Waals surface area (Å²) >= 11 is 6.17. The normalized spacial score (nSPS) is 19.9. The molecule has 2 unspecified atom stereocenters. The maximum absolute atomic E-state index is 12.5. The second-order valence-corrected chi connectivity index (χ2v) is 6.41. The Balaban J connectivity index is 1.49. The average molecular weight is 354 g/mol. The molecule has 1 N–H and O–H groups in total. The monoisotopic (exact) mass is 353 g/mol. The summed E-state index contributed by atoms with van der Waals surface area (Å²) < 4.78 is 1.59. The number of nitrogens with zero attached hydrogens (tertiary/aromatic N) is 2. The first kappa shape index (κ1) is 15.9. The van der Waals surface area contributed by atoms with Crippen LogP contribution in [0.2, 0.25) is 0 Å². The molecule has 0 bridgehead atoms. The van der Waals surface area contributed by atoms with Crippen LogP contribution in [0.15, 0.2) is 66.9 Å². The van der Waals surface area contributed by atoms with Crippen LogP contribution in [-0.2, 0) is 4.79 Å². The molecule has 1 aromatic heterocycles. The number of halogens is 1. The van der Waals surface area contributed by atoms with E-state index in [9.17, 15) is 9.59 Å². The number of amides is 1. The largest absolute Gasteiger partial charge is 0.286 e. The van der Waals surface area contributed by atoms with Gasteiger partial charge in [-0.1, -0.05) is 48.5 Å². The number of para-hydroxylation sites is 1. The van der Waals surface area contributed by atoms with Crippen LogP contribution in [0.4, 0.5) is 0 Å². The van der Waals surface area contributed by atoms with Crippen LogP contribution in [0, 0.1) is 0 Å². The van der Waals surface area contributed by atoms with Crippen LogP contribution in [0.5, 0.6) is 0 Å². The van der Waals surface area contributed by atoms with E-state index >= 15 is 0 Å². The zero-order valence-electron chi connectivity index (χ0n) is 13.3. The van der Waals surface area contributed by atoms with E-state index in [2.05, 4.69) is 5.43 Å². The van der Waals surface area contributed by atoms with Crippen LogP contribution >= 0.6 is 11.6 Å². The molecule has 2 atom stereocenters. The fraction of sp³-hybridized carbons (Fsp3) is 0.158. The Morgan fingerprint density at radius 2 is 1.76 bits per heavy atom. The van der Waals surface area contributed by atoms with Crippen LogP contribution in [-0.4, -0.2) is 33.3 Å². The van der Waals surface area contributed by atoms with Gasteiger partial charge in [-0.25, -0.2) is 5.43 Å². The summed E-state index contributed by atoms with van der Waals surface area (Å²) in [6, 6.07) is 18.8. The van der Waals surface area contributed by atoms with Crippen LogP contribution in [0.3, 0.4) is 0 Å². The summed E-state index contributed by atoms with van der Waals surface area (Å²) in [6.45, 7) is 0.0113. The smallest absolute Gasteiger partial charge is 0.257 e. The number of nitrogens with one attached hydrogen (secondary N) is 1. The van der Waals surface area contributed by atoms with E-state index in [4.69, 9.17) is 11.6 Å². The Morgan fingerprint density at radius 1 is 1.04 bits per heavy atom. The van der Waals surface area contributed by atoms with E-state index in [-0.39, 0.29) is 24.4 Å². The minimum atomic E-state index is -0.614. The van der Waals surface area contributed by atoms with Gasteiger partial charge in [-0.05, 0) is 17.7 Å². The van der Waals surface area contributed by atoms with Crippen molar-refractivity contribution in [2.75, 3.05) is 6.54 Å². The fourth-order valence-electron chi connectivity index (χ4n) is 3.14. The number of carbonyl (C=O) groups is 2. The number of benzene rings is 2. The second kappa shape index (κ2) is 6.35. The van der Waals surface area contributed by atoms with Crippen LogP contribution in [0.1, 0.15) is 16.4 Å². The topological polar surface area (TPSA) is 54.3 Å². The highest BCUT2D eigenvalue weighted by atomic mass is 35.5. The van der Waals surface area contributed by atoms with E-state index in [0.717, 1.165) is 16.5 Å². The van der Waals surface area contributed by atoms with Crippen molar-refractivity contribution in [3.05, 3.63) is 72.4 Å². The van der Waals surface area contributed by atoms with Gasteiger partial charge < -0.3 is 0 Å². The minimum absolute atomic E-state index is 0.0113.